The van der Waals surface area contributed by atoms with Gasteiger partial charge in [0.25, 0.3) is 0 Å². The quantitative estimate of drug-likeness (QED) is 0.817. The minimum atomic E-state index is -0.171. The first-order valence-electron chi connectivity index (χ1n) is 7.75. The Hall–Kier alpha value is -0.0800. The minimum Gasteiger partial charge on any atom is -0.392 e. The zero-order chi connectivity index (χ0) is 13.4. The van der Waals surface area contributed by atoms with Crippen LogP contribution < -0.4 is 0 Å². The second-order valence-corrected chi connectivity index (χ2v) is 7.00. The van der Waals surface area contributed by atoms with E-state index < -0.39 is 0 Å². The molecular formula is C16H30O2. The van der Waals surface area contributed by atoms with Crippen LogP contribution in [0.1, 0.15) is 53.9 Å². The molecule has 2 nitrogen and oxygen atoms in total. The monoisotopic (exact) mass is 254 g/mol. The van der Waals surface area contributed by atoms with Crippen molar-refractivity contribution < 1.29 is 9.84 Å². The SMILES string of the molecule is CC1CCC(C(O)C2C(C)OC(C)C2C)CC1C. The third kappa shape index (κ3) is 2.60. The van der Waals surface area contributed by atoms with Crippen molar-refractivity contribution in [2.45, 2.75) is 72.2 Å². The predicted octanol–water partition coefficient (Wildman–Crippen LogP) is 3.48. The highest BCUT2D eigenvalue weighted by molar-refractivity contribution is 4.92. The Bertz CT molecular complexity index is 278. The van der Waals surface area contributed by atoms with E-state index in [2.05, 4.69) is 34.6 Å². The molecule has 1 saturated heterocycles. The summed E-state index contributed by atoms with van der Waals surface area (Å²) in [6, 6.07) is 0. The molecule has 0 aromatic heterocycles. The molecule has 18 heavy (non-hydrogen) atoms. The van der Waals surface area contributed by atoms with Crippen molar-refractivity contribution >= 4 is 0 Å². The molecule has 8 unspecified atom stereocenters. The zero-order valence-electron chi connectivity index (χ0n) is 12.6. The van der Waals surface area contributed by atoms with Gasteiger partial charge in [0.1, 0.15) is 0 Å². The van der Waals surface area contributed by atoms with Gasteiger partial charge < -0.3 is 9.84 Å². The maximum Gasteiger partial charge on any atom is 0.0624 e. The molecule has 0 radical (unpaired) electrons. The van der Waals surface area contributed by atoms with Crippen molar-refractivity contribution in [2.24, 2.45) is 29.6 Å². The summed E-state index contributed by atoms with van der Waals surface area (Å²) in [5, 5.41) is 10.8. The molecule has 2 fully saturated rings. The fourth-order valence-corrected chi connectivity index (χ4v) is 4.10. The smallest absolute Gasteiger partial charge is 0.0624 e. The van der Waals surface area contributed by atoms with Crippen molar-refractivity contribution in [3.63, 3.8) is 0 Å². The molecule has 0 bridgehead atoms. The van der Waals surface area contributed by atoms with Gasteiger partial charge in [0.05, 0.1) is 18.3 Å². The van der Waals surface area contributed by atoms with Gasteiger partial charge in [-0.2, -0.15) is 0 Å². The van der Waals surface area contributed by atoms with Crippen LogP contribution in [-0.4, -0.2) is 23.4 Å². The molecule has 2 aliphatic rings. The molecule has 0 amide bonds. The highest BCUT2D eigenvalue weighted by Crippen LogP contribution is 2.42. The Labute approximate surface area is 112 Å². The fraction of sp³-hybridized carbons (Fsp3) is 1.00. The lowest BCUT2D eigenvalue weighted by Gasteiger charge is -2.38. The molecule has 0 spiro atoms. The molecule has 0 aromatic carbocycles. The molecule has 106 valence electrons. The first-order valence-corrected chi connectivity index (χ1v) is 7.75. The maximum atomic E-state index is 10.8. The summed E-state index contributed by atoms with van der Waals surface area (Å²) in [5.74, 6) is 2.86. The normalized spacial score (nSPS) is 51.3. The molecule has 0 aromatic rings. The Morgan fingerprint density at radius 3 is 2.11 bits per heavy atom. The second-order valence-electron chi connectivity index (χ2n) is 7.00. The summed E-state index contributed by atoms with van der Waals surface area (Å²) in [6.07, 6.45) is 3.98. The van der Waals surface area contributed by atoms with Gasteiger partial charge in [-0.1, -0.05) is 27.2 Å². The Morgan fingerprint density at radius 1 is 0.944 bits per heavy atom. The molecular weight excluding hydrogens is 224 g/mol. The van der Waals surface area contributed by atoms with Gasteiger partial charge in [-0.15, -0.1) is 0 Å². The van der Waals surface area contributed by atoms with Crippen LogP contribution in [0, 0.1) is 29.6 Å². The van der Waals surface area contributed by atoms with Crippen LogP contribution in [0.25, 0.3) is 0 Å². The Kier molecular flexibility index (Phi) is 4.38. The lowest BCUT2D eigenvalue weighted by Crippen LogP contribution is -2.39. The molecule has 8 atom stereocenters. The van der Waals surface area contributed by atoms with E-state index in [1.807, 2.05) is 0 Å². The number of hydrogen-bond donors (Lipinski definition) is 1. The van der Waals surface area contributed by atoms with Crippen LogP contribution in [0.4, 0.5) is 0 Å². The number of ether oxygens (including phenoxy) is 1. The fourth-order valence-electron chi connectivity index (χ4n) is 4.10. The van der Waals surface area contributed by atoms with E-state index in [0.717, 1.165) is 11.8 Å². The lowest BCUT2D eigenvalue weighted by atomic mass is 9.69. The first-order chi connectivity index (χ1) is 8.41. The van der Waals surface area contributed by atoms with E-state index in [4.69, 9.17) is 4.74 Å². The lowest BCUT2D eigenvalue weighted by molar-refractivity contribution is -0.0207. The summed E-state index contributed by atoms with van der Waals surface area (Å²) < 4.78 is 5.89. The molecule has 1 N–H and O–H groups in total. The molecule has 1 aliphatic carbocycles. The Balaban J connectivity index is 2.01. The zero-order valence-corrected chi connectivity index (χ0v) is 12.6. The van der Waals surface area contributed by atoms with E-state index in [1.54, 1.807) is 0 Å². The van der Waals surface area contributed by atoms with E-state index in [9.17, 15) is 5.11 Å². The molecule has 1 heterocycles. The van der Waals surface area contributed by atoms with Crippen molar-refractivity contribution in [1.82, 2.24) is 0 Å². The number of rotatable bonds is 2. The van der Waals surface area contributed by atoms with E-state index >= 15 is 0 Å². The van der Waals surface area contributed by atoms with Crippen molar-refractivity contribution in [3.05, 3.63) is 0 Å². The van der Waals surface area contributed by atoms with Crippen LogP contribution in [0.2, 0.25) is 0 Å². The van der Waals surface area contributed by atoms with E-state index in [-0.39, 0.29) is 12.2 Å². The highest BCUT2D eigenvalue weighted by atomic mass is 16.5. The Morgan fingerprint density at radius 2 is 1.61 bits per heavy atom. The number of aliphatic hydroxyl groups is 1. The highest BCUT2D eigenvalue weighted by Gasteiger charge is 2.44. The van der Waals surface area contributed by atoms with Crippen molar-refractivity contribution in [1.29, 1.82) is 0 Å². The third-order valence-corrected chi connectivity index (χ3v) is 5.83. The number of aliphatic hydroxyl groups excluding tert-OH is 1. The summed E-state index contributed by atoms with van der Waals surface area (Å²) in [7, 11) is 0. The molecule has 1 saturated carbocycles. The summed E-state index contributed by atoms with van der Waals surface area (Å²) in [4.78, 5) is 0. The summed E-state index contributed by atoms with van der Waals surface area (Å²) in [5.41, 5.74) is 0. The first kappa shape index (κ1) is 14.3. The van der Waals surface area contributed by atoms with Crippen molar-refractivity contribution in [2.75, 3.05) is 0 Å². The van der Waals surface area contributed by atoms with Crippen LogP contribution in [-0.2, 0) is 4.74 Å². The van der Waals surface area contributed by atoms with Crippen LogP contribution in [0.5, 0.6) is 0 Å². The third-order valence-electron chi connectivity index (χ3n) is 5.83. The van der Waals surface area contributed by atoms with Gasteiger partial charge in [0, 0.05) is 5.92 Å². The predicted molar refractivity (Wildman–Crippen MR) is 74.3 cm³/mol. The standard InChI is InChI=1S/C16H30O2/c1-9-6-7-14(8-10(9)2)16(17)15-11(3)12(4)18-13(15)5/h9-17H,6-8H2,1-5H3. The van der Waals surface area contributed by atoms with Crippen molar-refractivity contribution in [3.8, 4) is 0 Å². The van der Waals surface area contributed by atoms with Gasteiger partial charge in [-0.05, 0) is 50.4 Å². The van der Waals surface area contributed by atoms with Crippen LogP contribution in [0.15, 0.2) is 0 Å². The van der Waals surface area contributed by atoms with Gasteiger partial charge in [-0.3, -0.25) is 0 Å². The van der Waals surface area contributed by atoms with Gasteiger partial charge >= 0.3 is 0 Å². The molecule has 2 heteroatoms. The average molecular weight is 254 g/mol. The van der Waals surface area contributed by atoms with E-state index in [1.165, 1.54) is 19.3 Å². The topological polar surface area (TPSA) is 29.5 Å². The van der Waals surface area contributed by atoms with Gasteiger partial charge in [0.15, 0.2) is 0 Å². The van der Waals surface area contributed by atoms with E-state index in [0.29, 0.717) is 23.9 Å². The molecule has 1 aliphatic heterocycles. The van der Waals surface area contributed by atoms with Gasteiger partial charge in [-0.25, -0.2) is 0 Å². The van der Waals surface area contributed by atoms with Crippen LogP contribution >= 0.6 is 0 Å². The van der Waals surface area contributed by atoms with Crippen LogP contribution in [0.3, 0.4) is 0 Å². The minimum absolute atomic E-state index is 0.171. The largest absolute Gasteiger partial charge is 0.392 e. The molecule has 2 rings (SSSR count). The summed E-state index contributed by atoms with van der Waals surface area (Å²) in [6.45, 7) is 11.2. The second kappa shape index (κ2) is 5.50. The average Bonchev–Trinajstić information content (AvgIpc) is 2.56. The number of hydrogen-bond acceptors (Lipinski definition) is 2. The summed E-state index contributed by atoms with van der Waals surface area (Å²) >= 11 is 0. The maximum absolute atomic E-state index is 10.8. The van der Waals surface area contributed by atoms with Gasteiger partial charge in [0.2, 0.25) is 0 Å².